The van der Waals surface area contributed by atoms with Gasteiger partial charge in [0.05, 0.1) is 42.3 Å². The molecule has 0 aliphatic heterocycles. The summed E-state index contributed by atoms with van der Waals surface area (Å²) in [6.45, 7) is 2.02. The van der Waals surface area contributed by atoms with Gasteiger partial charge < -0.3 is 21.1 Å². The van der Waals surface area contributed by atoms with E-state index in [-0.39, 0.29) is 0 Å². The van der Waals surface area contributed by atoms with Gasteiger partial charge in [0.25, 0.3) is 0 Å². The molecule has 4 heterocycles. The van der Waals surface area contributed by atoms with Gasteiger partial charge in [0.1, 0.15) is 5.65 Å². The Hall–Kier alpha value is -3.72. The van der Waals surface area contributed by atoms with E-state index >= 15 is 0 Å². The number of hydrogen-bond acceptors (Lipinski definition) is 8. The highest BCUT2D eigenvalue weighted by atomic mass is 16.5. The molecule has 5 rings (SSSR count). The van der Waals surface area contributed by atoms with Crippen LogP contribution < -0.4 is 21.1 Å². The lowest BCUT2D eigenvalue weighted by Gasteiger charge is -2.26. The van der Waals surface area contributed by atoms with Crippen LogP contribution in [0.25, 0.3) is 17.0 Å². The van der Waals surface area contributed by atoms with Crippen LogP contribution in [0.1, 0.15) is 31.2 Å². The SMILES string of the molecule is COc1ccc(Nc2ccc3ncc(-c4nc(N[C@H]5CC[C@H](N)CC5)ncc4C)n3c2)cn1. The van der Waals surface area contributed by atoms with Crippen LogP contribution in [0, 0.1) is 6.92 Å². The van der Waals surface area contributed by atoms with Gasteiger partial charge in [0, 0.05) is 30.5 Å². The molecule has 9 heteroatoms. The molecule has 1 saturated carbocycles. The Morgan fingerprint density at radius 1 is 0.970 bits per heavy atom. The molecule has 0 unspecified atom stereocenters. The number of aromatic nitrogens is 5. The number of aryl methyl sites for hydroxylation is 1. The molecule has 1 fully saturated rings. The molecular formula is C24H28N8O. The third kappa shape index (κ3) is 4.58. The Morgan fingerprint density at radius 3 is 2.55 bits per heavy atom. The van der Waals surface area contributed by atoms with Crippen molar-refractivity contribution in [3.05, 3.63) is 54.6 Å². The minimum absolute atomic E-state index is 0.312. The van der Waals surface area contributed by atoms with Gasteiger partial charge in [0.15, 0.2) is 0 Å². The zero-order valence-corrected chi connectivity index (χ0v) is 18.8. The molecule has 0 saturated heterocycles. The molecule has 0 amide bonds. The van der Waals surface area contributed by atoms with Gasteiger partial charge in [-0.3, -0.25) is 4.40 Å². The lowest BCUT2D eigenvalue weighted by Crippen LogP contribution is -2.33. The fraction of sp³-hybridized carbons (Fsp3) is 0.333. The molecule has 4 aromatic rings. The first-order valence-corrected chi connectivity index (χ1v) is 11.2. The topological polar surface area (TPSA) is 115 Å². The van der Waals surface area contributed by atoms with Crippen LogP contribution in [0.2, 0.25) is 0 Å². The number of rotatable bonds is 6. The lowest BCUT2D eigenvalue weighted by molar-refractivity contribution is 0.398. The van der Waals surface area contributed by atoms with Gasteiger partial charge in [-0.25, -0.2) is 19.9 Å². The average Bonchev–Trinajstić information content (AvgIpc) is 3.25. The molecule has 170 valence electrons. The Morgan fingerprint density at radius 2 is 1.79 bits per heavy atom. The van der Waals surface area contributed by atoms with Crippen molar-refractivity contribution in [3.8, 4) is 17.3 Å². The minimum atomic E-state index is 0.312. The number of hydrogen-bond donors (Lipinski definition) is 3. The van der Waals surface area contributed by atoms with Gasteiger partial charge in [-0.2, -0.15) is 0 Å². The molecule has 9 nitrogen and oxygen atoms in total. The van der Waals surface area contributed by atoms with E-state index in [1.54, 1.807) is 13.3 Å². The van der Waals surface area contributed by atoms with E-state index in [0.29, 0.717) is 23.9 Å². The number of methoxy groups -OCH3 is 1. The Bertz CT molecular complexity index is 1250. The van der Waals surface area contributed by atoms with E-state index in [1.807, 2.05) is 54.2 Å². The fourth-order valence-electron chi connectivity index (χ4n) is 4.19. The van der Waals surface area contributed by atoms with Gasteiger partial charge >= 0.3 is 0 Å². The molecule has 0 bridgehead atoms. The number of pyridine rings is 2. The van der Waals surface area contributed by atoms with Crippen LogP contribution >= 0.6 is 0 Å². The van der Waals surface area contributed by atoms with E-state index in [2.05, 4.69) is 25.6 Å². The number of nitrogens with two attached hydrogens (primary N) is 1. The van der Waals surface area contributed by atoms with Crippen molar-refractivity contribution >= 4 is 23.0 Å². The van der Waals surface area contributed by atoms with E-state index in [1.165, 1.54) is 0 Å². The quantitative estimate of drug-likeness (QED) is 0.410. The number of anilines is 3. The second kappa shape index (κ2) is 9.03. The zero-order chi connectivity index (χ0) is 22.8. The van der Waals surface area contributed by atoms with Crippen LogP contribution in [0.4, 0.5) is 17.3 Å². The zero-order valence-electron chi connectivity index (χ0n) is 18.8. The predicted molar refractivity (Wildman–Crippen MR) is 129 cm³/mol. The van der Waals surface area contributed by atoms with E-state index in [4.69, 9.17) is 15.5 Å². The molecule has 0 aromatic carbocycles. The van der Waals surface area contributed by atoms with Crippen LogP contribution in [0.3, 0.4) is 0 Å². The Kier molecular flexibility index (Phi) is 5.78. The van der Waals surface area contributed by atoms with Crippen molar-refractivity contribution in [2.45, 2.75) is 44.7 Å². The highest BCUT2D eigenvalue weighted by Crippen LogP contribution is 2.27. The van der Waals surface area contributed by atoms with Gasteiger partial charge in [-0.1, -0.05) is 0 Å². The molecule has 0 spiro atoms. The third-order valence-electron chi connectivity index (χ3n) is 6.06. The molecule has 1 aliphatic rings. The van der Waals surface area contributed by atoms with Crippen LogP contribution in [-0.4, -0.2) is 43.5 Å². The first kappa shape index (κ1) is 21.1. The molecular weight excluding hydrogens is 416 g/mol. The van der Waals surface area contributed by atoms with E-state index in [9.17, 15) is 0 Å². The fourth-order valence-corrected chi connectivity index (χ4v) is 4.19. The standard InChI is InChI=1S/C24H28N8O/c1-15-11-28-24(30-17-5-3-16(25)4-6-17)31-23(15)20-13-26-21-9-7-19(14-32(20)21)29-18-8-10-22(33-2)27-12-18/h7-14,16-17,29H,3-6,25H2,1-2H3,(H,28,30,31)/t16-,17-. The summed E-state index contributed by atoms with van der Waals surface area (Å²) in [4.78, 5) is 18.2. The summed E-state index contributed by atoms with van der Waals surface area (Å²) >= 11 is 0. The summed E-state index contributed by atoms with van der Waals surface area (Å²) in [5, 5.41) is 6.87. The summed E-state index contributed by atoms with van der Waals surface area (Å²) in [6, 6.07) is 8.38. The molecule has 33 heavy (non-hydrogen) atoms. The van der Waals surface area contributed by atoms with Crippen molar-refractivity contribution < 1.29 is 4.74 Å². The largest absolute Gasteiger partial charge is 0.481 e. The minimum Gasteiger partial charge on any atom is -0.481 e. The highest BCUT2D eigenvalue weighted by molar-refractivity contribution is 5.67. The molecule has 4 N–H and O–H groups in total. The normalized spacial score (nSPS) is 18.3. The molecule has 1 aliphatic carbocycles. The van der Waals surface area contributed by atoms with Gasteiger partial charge in [-0.05, 0) is 56.4 Å². The smallest absolute Gasteiger partial charge is 0.223 e. The monoisotopic (exact) mass is 444 g/mol. The Balaban J connectivity index is 1.42. The van der Waals surface area contributed by atoms with Crippen LogP contribution in [0.5, 0.6) is 5.88 Å². The van der Waals surface area contributed by atoms with Crippen molar-refractivity contribution in [2.75, 3.05) is 17.7 Å². The summed E-state index contributed by atoms with van der Waals surface area (Å²) in [5.74, 6) is 1.22. The number of ether oxygens (including phenoxy) is 1. The number of nitrogens with zero attached hydrogens (tertiary/aromatic N) is 5. The number of fused-ring (bicyclic) bond motifs is 1. The Labute approximate surface area is 192 Å². The average molecular weight is 445 g/mol. The number of imidazole rings is 1. The van der Waals surface area contributed by atoms with Crippen LogP contribution in [-0.2, 0) is 0 Å². The van der Waals surface area contributed by atoms with Crippen LogP contribution in [0.15, 0.2) is 49.1 Å². The second-order valence-electron chi connectivity index (χ2n) is 8.48. The lowest BCUT2D eigenvalue weighted by atomic mass is 9.92. The number of nitrogens with one attached hydrogen (secondary N) is 2. The summed E-state index contributed by atoms with van der Waals surface area (Å²) < 4.78 is 7.17. The summed E-state index contributed by atoms with van der Waals surface area (Å²) in [7, 11) is 1.60. The molecule has 4 aromatic heterocycles. The molecule has 0 atom stereocenters. The first-order chi connectivity index (χ1) is 16.1. The van der Waals surface area contributed by atoms with E-state index < -0.39 is 0 Å². The molecule has 0 radical (unpaired) electrons. The third-order valence-corrected chi connectivity index (χ3v) is 6.06. The van der Waals surface area contributed by atoms with Gasteiger partial charge in [-0.15, -0.1) is 0 Å². The second-order valence-corrected chi connectivity index (χ2v) is 8.48. The van der Waals surface area contributed by atoms with Crippen molar-refractivity contribution in [1.29, 1.82) is 0 Å². The summed E-state index contributed by atoms with van der Waals surface area (Å²) in [5.41, 5.74) is 11.4. The van der Waals surface area contributed by atoms with E-state index in [0.717, 1.165) is 59.7 Å². The van der Waals surface area contributed by atoms with Crippen molar-refractivity contribution in [3.63, 3.8) is 0 Å². The maximum absolute atomic E-state index is 6.04. The van der Waals surface area contributed by atoms with Crippen molar-refractivity contribution in [2.24, 2.45) is 5.73 Å². The maximum Gasteiger partial charge on any atom is 0.223 e. The predicted octanol–water partition coefficient (Wildman–Crippen LogP) is 3.93. The highest BCUT2D eigenvalue weighted by Gasteiger charge is 2.20. The van der Waals surface area contributed by atoms with Crippen molar-refractivity contribution in [1.82, 2.24) is 24.3 Å². The summed E-state index contributed by atoms with van der Waals surface area (Å²) in [6.07, 6.45) is 11.6. The maximum atomic E-state index is 6.04. The first-order valence-electron chi connectivity index (χ1n) is 11.2. The van der Waals surface area contributed by atoms with Gasteiger partial charge in [0.2, 0.25) is 11.8 Å².